The summed E-state index contributed by atoms with van der Waals surface area (Å²) in [6.45, 7) is 2.33. The minimum Gasteiger partial charge on any atom is -0.328 e. The highest BCUT2D eigenvalue weighted by atomic mass is 31.2. The van der Waals surface area contributed by atoms with Gasteiger partial charge in [-0.1, -0.05) is 11.4 Å². The zero-order chi connectivity index (χ0) is 10.3. The van der Waals surface area contributed by atoms with E-state index in [0.717, 1.165) is 6.42 Å². The lowest BCUT2D eigenvalue weighted by Gasteiger charge is -2.12. The van der Waals surface area contributed by atoms with Crippen LogP contribution in [-0.4, -0.2) is 27.6 Å². The summed E-state index contributed by atoms with van der Waals surface area (Å²) in [6.07, 6.45) is -0.519. The first-order valence-corrected chi connectivity index (χ1v) is 5.76. The van der Waals surface area contributed by atoms with Crippen LogP contribution in [0.15, 0.2) is 0 Å². The number of rotatable bonds is 7. The summed E-state index contributed by atoms with van der Waals surface area (Å²) in [5.74, 6) is 0. The van der Waals surface area contributed by atoms with Gasteiger partial charge in [-0.3, -0.25) is 9.84 Å². The molecule has 0 aromatic rings. The van der Waals surface area contributed by atoms with E-state index in [1.165, 1.54) is 0 Å². The molecule has 78 valence electrons. The van der Waals surface area contributed by atoms with Crippen molar-refractivity contribution < 1.29 is 28.3 Å². The van der Waals surface area contributed by atoms with E-state index in [2.05, 4.69) is 14.4 Å². The van der Waals surface area contributed by atoms with Crippen LogP contribution in [0.1, 0.15) is 13.3 Å². The molecule has 0 aliphatic carbocycles. The first kappa shape index (κ1) is 13.3. The average Bonchev–Trinajstić information content (AvgIpc) is 1.98. The Kier molecular flexibility index (Phi) is 7.84. The maximum absolute atomic E-state index is 10.2. The van der Waals surface area contributed by atoms with E-state index in [4.69, 9.17) is 14.7 Å². The van der Waals surface area contributed by atoms with Gasteiger partial charge in [0.15, 0.2) is 0 Å². The summed E-state index contributed by atoms with van der Waals surface area (Å²) in [5.41, 5.74) is 0. The third-order valence-electron chi connectivity index (χ3n) is 0.937. The van der Waals surface area contributed by atoms with Gasteiger partial charge >= 0.3 is 16.9 Å². The first-order valence-electron chi connectivity index (χ1n) is 3.47. The highest BCUT2D eigenvalue weighted by Crippen LogP contribution is 2.29. The van der Waals surface area contributed by atoms with Crippen LogP contribution in [-0.2, 0) is 13.6 Å². The molecule has 0 bridgehead atoms. The number of nitrogens with one attached hydrogen (secondary N) is 1. The number of hydrogen-bond acceptors (Lipinski definition) is 6. The second-order valence-corrected chi connectivity index (χ2v) is 3.39. The van der Waals surface area contributed by atoms with Crippen molar-refractivity contribution in [2.45, 2.75) is 19.8 Å². The Hall–Kier alpha value is 0.290. The van der Waals surface area contributed by atoms with Crippen molar-refractivity contribution in [2.75, 3.05) is 6.54 Å². The molecular weight excluding hydrogens is 220 g/mol. The Balaban J connectivity index is 3.80. The Labute approximate surface area is 77.6 Å². The van der Waals surface area contributed by atoms with Crippen molar-refractivity contribution in [1.29, 1.82) is 0 Å². The fourth-order valence-electron chi connectivity index (χ4n) is 0.523. The molecule has 0 radical (unpaired) electrons. The molecule has 0 saturated heterocycles. The smallest absolute Gasteiger partial charge is 0.328 e. The van der Waals surface area contributed by atoms with Crippen LogP contribution in [0.4, 0.5) is 0 Å². The molecule has 0 saturated carbocycles. The maximum atomic E-state index is 10.2. The molecule has 0 aromatic heterocycles. The predicted molar refractivity (Wildman–Crippen MR) is 45.4 cm³/mol. The Morgan fingerprint density at radius 2 is 2.23 bits per heavy atom. The molecule has 0 aliphatic rings. The topological polar surface area (TPSA) is 108 Å². The van der Waals surface area contributed by atoms with Crippen LogP contribution in [0.2, 0.25) is 0 Å². The summed E-state index contributed by atoms with van der Waals surface area (Å²) in [4.78, 5) is 25.2. The van der Waals surface area contributed by atoms with Crippen LogP contribution in [0.5, 0.6) is 0 Å². The molecule has 0 aliphatic heterocycles. The third kappa shape index (κ3) is 8.62. The van der Waals surface area contributed by atoms with E-state index in [-0.39, 0.29) is 0 Å². The molecule has 0 fully saturated rings. The maximum Gasteiger partial charge on any atom is 0.698 e. The lowest BCUT2D eigenvalue weighted by molar-refractivity contribution is -0.0297. The molecule has 4 N–H and O–H groups in total. The van der Waals surface area contributed by atoms with Crippen molar-refractivity contribution in [3.8, 4) is 0 Å². The van der Waals surface area contributed by atoms with Crippen LogP contribution >= 0.6 is 16.9 Å². The van der Waals surface area contributed by atoms with E-state index < -0.39 is 23.3 Å². The fourth-order valence-corrected chi connectivity index (χ4v) is 1.16. The van der Waals surface area contributed by atoms with Gasteiger partial charge in [-0.25, -0.2) is 0 Å². The Morgan fingerprint density at radius 1 is 1.62 bits per heavy atom. The molecule has 13 heavy (non-hydrogen) atoms. The largest absolute Gasteiger partial charge is 0.698 e. The normalized spacial score (nSPS) is 14.7. The highest BCUT2D eigenvalue weighted by Gasteiger charge is 2.25. The van der Waals surface area contributed by atoms with Gasteiger partial charge in [-0.2, -0.15) is 0 Å². The van der Waals surface area contributed by atoms with Crippen LogP contribution in [0, 0.1) is 0 Å². The van der Waals surface area contributed by atoms with E-state index in [1.807, 2.05) is 6.92 Å². The fraction of sp³-hybridized carbons (Fsp3) is 1.00. The molecule has 0 amide bonds. The van der Waals surface area contributed by atoms with E-state index in [0.29, 0.717) is 6.54 Å². The summed E-state index contributed by atoms with van der Waals surface area (Å²) >= 11 is 0. The van der Waals surface area contributed by atoms with Gasteiger partial charge in [-0.15, -0.1) is 4.89 Å². The van der Waals surface area contributed by atoms with Gasteiger partial charge in [-0.05, 0) is 13.0 Å². The van der Waals surface area contributed by atoms with E-state index >= 15 is 0 Å². The molecule has 2 atom stereocenters. The second kappa shape index (κ2) is 7.67. The molecular formula is C4H12NO6P2+. The molecule has 9 heteroatoms. The summed E-state index contributed by atoms with van der Waals surface area (Å²) < 4.78 is 18.9. The van der Waals surface area contributed by atoms with E-state index in [1.54, 1.807) is 0 Å². The molecule has 0 aromatic carbocycles. The van der Waals surface area contributed by atoms with Gasteiger partial charge in [0.2, 0.25) is 0 Å². The van der Waals surface area contributed by atoms with Gasteiger partial charge in [0.1, 0.15) is 0 Å². The van der Waals surface area contributed by atoms with Crippen molar-refractivity contribution >= 4 is 16.9 Å². The van der Waals surface area contributed by atoms with Gasteiger partial charge < -0.3 is 9.79 Å². The lowest BCUT2D eigenvalue weighted by atomic mass is 10.5. The standard InChI is InChI=1S/C4H11NO6P2/c1-2-3-5-4(10-12(6)7)11-13(8)9/h4-7H,2-3H2,1H3/p+1. The van der Waals surface area contributed by atoms with Gasteiger partial charge in [0.25, 0.3) is 6.41 Å². The molecule has 2 unspecified atom stereocenters. The molecule has 0 spiro atoms. The Bertz CT molecular complexity index is 156. The predicted octanol–water partition coefficient (Wildman–Crippen LogP) is 0.164. The van der Waals surface area contributed by atoms with Crippen molar-refractivity contribution in [1.82, 2.24) is 5.32 Å². The average molecular weight is 232 g/mol. The first-order chi connectivity index (χ1) is 6.06. The molecule has 0 rings (SSSR count). The number of hydrogen-bond donors (Lipinski definition) is 4. The van der Waals surface area contributed by atoms with Gasteiger partial charge in [0.05, 0.1) is 0 Å². The lowest BCUT2D eigenvalue weighted by Crippen LogP contribution is -2.31. The summed E-state index contributed by atoms with van der Waals surface area (Å²) in [6, 6.07) is 0. The van der Waals surface area contributed by atoms with Crippen molar-refractivity contribution in [2.24, 2.45) is 0 Å². The monoisotopic (exact) mass is 232 g/mol. The highest BCUT2D eigenvalue weighted by molar-refractivity contribution is 7.39. The minimum atomic E-state index is -2.84. The molecule has 0 heterocycles. The van der Waals surface area contributed by atoms with Crippen molar-refractivity contribution in [3.05, 3.63) is 0 Å². The van der Waals surface area contributed by atoms with Crippen LogP contribution < -0.4 is 5.32 Å². The molecule has 7 nitrogen and oxygen atoms in total. The Morgan fingerprint density at radius 3 is 2.62 bits per heavy atom. The minimum absolute atomic E-state index is 0.469. The summed E-state index contributed by atoms with van der Waals surface area (Å²) in [7, 11) is -5.45. The third-order valence-corrected chi connectivity index (χ3v) is 1.69. The van der Waals surface area contributed by atoms with Crippen LogP contribution in [0.3, 0.4) is 0 Å². The van der Waals surface area contributed by atoms with Crippen molar-refractivity contribution in [3.63, 3.8) is 0 Å². The van der Waals surface area contributed by atoms with Gasteiger partial charge in [0, 0.05) is 4.57 Å². The zero-order valence-electron chi connectivity index (χ0n) is 6.95. The second-order valence-electron chi connectivity index (χ2n) is 1.99. The SMILES string of the molecule is CCCNC(OP(O)O)O[P+](=O)O. The quantitative estimate of drug-likeness (QED) is 0.365. The zero-order valence-corrected chi connectivity index (χ0v) is 8.74. The summed E-state index contributed by atoms with van der Waals surface area (Å²) in [5, 5.41) is 2.54. The van der Waals surface area contributed by atoms with E-state index in [9.17, 15) is 4.57 Å². The van der Waals surface area contributed by atoms with Crippen LogP contribution in [0.25, 0.3) is 0 Å².